The number of hydrogen-bond donors (Lipinski definition) is 5. The molecule has 2 aromatic heterocycles. The molecule has 0 unspecified atom stereocenters. The van der Waals surface area contributed by atoms with Gasteiger partial charge in [-0.05, 0) is 6.92 Å². The predicted octanol–water partition coefficient (Wildman–Crippen LogP) is -1.89. The van der Waals surface area contributed by atoms with Crippen molar-refractivity contribution in [2.24, 2.45) is 5.73 Å². The molecule has 3 rings (SSSR count). The van der Waals surface area contributed by atoms with E-state index in [1.54, 1.807) is 0 Å². The number of carbonyl (C=O) groups excluding carboxylic acids is 1. The maximum atomic E-state index is 11.6. The van der Waals surface area contributed by atoms with Crippen LogP contribution < -0.4 is 11.5 Å². The molecule has 2 aromatic rings. The summed E-state index contributed by atoms with van der Waals surface area (Å²) in [6, 6.07) is 0. The molecule has 1 aliphatic rings. The van der Waals surface area contributed by atoms with Crippen molar-refractivity contribution in [3.8, 4) is 0 Å². The summed E-state index contributed by atoms with van der Waals surface area (Å²) in [5.41, 5.74) is 9.75. The van der Waals surface area contributed by atoms with Gasteiger partial charge in [-0.3, -0.25) is 4.79 Å². The third kappa shape index (κ3) is 2.15. The smallest absolute Gasteiger partial charge is 0.251 e. The van der Waals surface area contributed by atoms with E-state index in [1.165, 1.54) is 24.0 Å². The second kappa shape index (κ2) is 5.13. The molecule has 0 spiro atoms. The first kappa shape index (κ1) is 15.6. The highest BCUT2D eigenvalue weighted by molar-refractivity contribution is 6.08. The van der Waals surface area contributed by atoms with E-state index in [-0.39, 0.29) is 22.4 Å². The minimum Gasteiger partial charge on any atom is -0.394 e. The Kier molecular flexibility index (Phi) is 3.48. The molecule has 1 amide bonds. The van der Waals surface area contributed by atoms with Crippen LogP contribution in [0.5, 0.6) is 0 Å². The largest absolute Gasteiger partial charge is 0.394 e. The summed E-state index contributed by atoms with van der Waals surface area (Å²) in [7, 11) is 0. The van der Waals surface area contributed by atoms with E-state index < -0.39 is 36.6 Å². The van der Waals surface area contributed by atoms with Gasteiger partial charge in [0, 0.05) is 6.20 Å². The summed E-state index contributed by atoms with van der Waals surface area (Å²) in [4.78, 5) is 19.5. The number of ether oxygens (including phenoxy) is 1. The van der Waals surface area contributed by atoms with Crippen LogP contribution >= 0.6 is 0 Å². The highest BCUT2D eigenvalue weighted by Crippen LogP contribution is 2.39. The Balaban J connectivity index is 2.18. The topological polar surface area (TPSA) is 170 Å². The van der Waals surface area contributed by atoms with Crippen LogP contribution in [-0.4, -0.2) is 60.2 Å². The molecule has 1 saturated heterocycles. The highest BCUT2D eigenvalue weighted by Gasteiger charge is 2.53. The van der Waals surface area contributed by atoms with Gasteiger partial charge >= 0.3 is 0 Å². The van der Waals surface area contributed by atoms with Crippen molar-refractivity contribution < 1.29 is 24.9 Å². The molecular formula is C13H17N5O5. The second-order valence-corrected chi connectivity index (χ2v) is 5.64. The van der Waals surface area contributed by atoms with E-state index >= 15 is 0 Å². The van der Waals surface area contributed by atoms with Gasteiger partial charge in [0.25, 0.3) is 5.91 Å². The minimum absolute atomic E-state index is 0.0560. The number of rotatable bonds is 3. The van der Waals surface area contributed by atoms with Crippen LogP contribution in [0.4, 0.5) is 5.82 Å². The average Bonchev–Trinajstić information content (AvgIpc) is 2.97. The SMILES string of the molecule is C[C@@]1(O)[C@@H](CO)O[C@@H](n2cc(C(N)=O)c3c(N)ncnc32)[C@@H]1O. The number of primary amides is 1. The lowest BCUT2D eigenvalue weighted by Crippen LogP contribution is -2.46. The third-order valence-corrected chi connectivity index (χ3v) is 4.17. The maximum Gasteiger partial charge on any atom is 0.251 e. The van der Waals surface area contributed by atoms with Crippen LogP contribution in [0, 0.1) is 0 Å². The fraction of sp³-hybridized carbons (Fsp3) is 0.462. The zero-order chi connectivity index (χ0) is 16.9. The number of fused-ring (bicyclic) bond motifs is 1. The van der Waals surface area contributed by atoms with Crippen molar-refractivity contribution in [1.29, 1.82) is 0 Å². The van der Waals surface area contributed by atoms with Crippen molar-refractivity contribution in [2.45, 2.75) is 31.0 Å². The number of carbonyl (C=O) groups is 1. The van der Waals surface area contributed by atoms with Crippen LogP contribution in [0.3, 0.4) is 0 Å². The quantitative estimate of drug-likeness (QED) is 0.436. The maximum absolute atomic E-state index is 11.6. The van der Waals surface area contributed by atoms with Crippen LogP contribution in [0.2, 0.25) is 0 Å². The number of nitrogens with zero attached hydrogens (tertiary/aromatic N) is 3. The van der Waals surface area contributed by atoms with Crippen molar-refractivity contribution in [2.75, 3.05) is 12.3 Å². The predicted molar refractivity (Wildman–Crippen MR) is 78.1 cm³/mol. The van der Waals surface area contributed by atoms with E-state index in [0.717, 1.165) is 0 Å². The van der Waals surface area contributed by atoms with Crippen molar-refractivity contribution >= 4 is 22.8 Å². The second-order valence-electron chi connectivity index (χ2n) is 5.64. The molecule has 23 heavy (non-hydrogen) atoms. The van der Waals surface area contributed by atoms with Crippen LogP contribution in [-0.2, 0) is 4.74 Å². The molecule has 10 heteroatoms. The number of aromatic nitrogens is 3. The van der Waals surface area contributed by atoms with Crippen molar-refractivity contribution in [1.82, 2.24) is 14.5 Å². The Morgan fingerprint density at radius 3 is 2.78 bits per heavy atom. The van der Waals surface area contributed by atoms with Crippen LogP contribution in [0.25, 0.3) is 11.0 Å². The van der Waals surface area contributed by atoms with Crippen LogP contribution in [0.15, 0.2) is 12.5 Å². The molecular weight excluding hydrogens is 306 g/mol. The molecule has 0 radical (unpaired) electrons. The Labute approximate surface area is 130 Å². The lowest BCUT2D eigenvalue weighted by molar-refractivity contribution is -0.0804. The Morgan fingerprint density at radius 1 is 1.52 bits per heavy atom. The lowest BCUT2D eigenvalue weighted by atomic mass is 9.95. The summed E-state index contributed by atoms with van der Waals surface area (Å²) >= 11 is 0. The minimum atomic E-state index is -1.68. The van der Waals surface area contributed by atoms with Gasteiger partial charge in [-0.1, -0.05) is 0 Å². The molecule has 0 saturated carbocycles. The van der Waals surface area contributed by atoms with E-state index in [2.05, 4.69) is 9.97 Å². The number of amides is 1. The summed E-state index contributed by atoms with van der Waals surface area (Å²) in [5.74, 6) is -0.686. The highest BCUT2D eigenvalue weighted by atomic mass is 16.6. The van der Waals surface area contributed by atoms with E-state index in [1.807, 2.05) is 0 Å². The summed E-state index contributed by atoms with van der Waals surface area (Å²) in [5, 5.41) is 30.2. The van der Waals surface area contributed by atoms with Crippen LogP contribution in [0.1, 0.15) is 23.5 Å². The number of hydrogen-bond acceptors (Lipinski definition) is 8. The zero-order valence-electron chi connectivity index (χ0n) is 12.2. The number of aliphatic hydroxyl groups is 3. The van der Waals surface area contributed by atoms with Gasteiger partial charge in [0.15, 0.2) is 6.23 Å². The molecule has 124 valence electrons. The number of nitrogens with two attached hydrogens (primary N) is 2. The first-order valence-corrected chi connectivity index (χ1v) is 6.86. The Morgan fingerprint density at radius 2 is 2.22 bits per heavy atom. The summed E-state index contributed by atoms with van der Waals surface area (Å²) in [6.45, 7) is 0.863. The van der Waals surface area contributed by atoms with Gasteiger partial charge in [-0.2, -0.15) is 0 Å². The lowest BCUT2D eigenvalue weighted by Gasteiger charge is -2.25. The number of aliphatic hydroxyl groups excluding tert-OH is 2. The van der Waals surface area contributed by atoms with Gasteiger partial charge in [-0.15, -0.1) is 0 Å². The van der Waals surface area contributed by atoms with Crippen molar-refractivity contribution in [3.63, 3.8) is 0 Å². The molecule has 1 aliphatic heterocycles. The Hall–Kier alpha value is -2.27. The van der Waals surface area contributed by atoms with Crippen molar-refractivity contribution in [3.05, 3.63) is 18.1 Å². The average molecular weight is 323 g/mol. The molecule has 0 bridgehead atoms. The normalized spacial score (nSPS) is 30.9. The molecule has 4 atom stereocenters. The van der Waals surface area contributed by atoms with Gasteiger partial charge < -0.3 is 36.1 Å². The van der Waals surface area contributed by atoms with Gasteiger partial charge in [-0.25, -0.2) is 9.97 Å². The van der Waals surface area contributed by atoms with E-state index in [0.29, 0.717) is 0 Å². The monoisotopic (exact) mass is 323 g/mol. The fourth-order valence-corrected chi connectivity index (χ4v) is 2.79. The molecule has 10 nitrogen and oxygen atoms in total. The summed E-state index contributed by atoms with van der Waals surface area (Å²) in [6.07, 6.45) is -0.917. The number of nitrogen functional groups attached to an aromatic ring is 1. The zero-order valence-corrected chi connectivity index (χ0v) is 12.2. The van der Waals surface area contributed by atoms with Gasteiger partial charge in [0.05, 0.1) is 17.6 Å². The Bertz CT molecular complexity index is 773. The van der Waals surface area contributed by atoms with Gasteiger partial charge in [0.1, 0.15) is 35.6 Å². The molecule has 0 aromatic carbocycles. The van der Waals surface area contributed by atoms with Gasteiger partial charge in [0.2, 0.25) is 0 Å². The first-order valence-electron chi connectivity index (χ1n) is 6.86. The third-order valence-electron chi connectivity index (χ3n) is 4.17. The van der Waals surface area contributed by atoms with E-state index in [4.69, 9.17) is 16.2 Å². The fourth-order valence-electron chi connectivity index (χ4n) is 2.79. The molecule has 0 aliphatic carbocycles. The summed E-state index contributed by atoms with van der Waals surface area (Å²) < 4.78 is 6.87. The standard InChI is InChI=1S/C13H17N5O5/c1-13(22)6(3-19)23-12(8(13)20)18-2-5(10(15)21)7-9(14)16-4-17-11(7)18/h2,4,6,8,12,19-20,22H,3H2,1H3,(H2,15,21)(H2,14,16,17)/t6-,8+,12-,13-/m1/s1. The molecule has 3 heterocycles. The molecule has 7 N–H and O–H groups in total. The van der Waals surface area contributed by atoms with E-state index in [9.17, 15) is 20.1 Å². The molecule has 1 fully saturated rings. The first-order chi connectivity index (χ1) is 10.8. The number of anilines is 1.